The van der Waals surface area contributed by atoms with Gasteiger partial charge in [-0.15, -0.1) is 0 Å². The molecule has 6 radical (unpaired) electrons. The van der Waals surface area contributed by atoms with E-state index in [2.05, 4.69) is 75.4 Å². The fourth-order valence-electron chi connectivity index (χ4n) is 5.08. The molecule has 0 amide bonds. The number of benzene rings is 2. The number of hydrogen-bond donors (Lipinski definition) is 2. The van der Waals surface area contributed by atoms with Crippen molar-refractivity contribution >= 4 is 51.8 Å². The quantitative estimate of drug-likeness (QED) is 0.234. The maximum atomic E-state index is 6.00. The van der Waals surface area contributed by atoms with Crippen LogP contribution in [0.1, 0.15) is 176 Å². The van der Waals surface area contributed by atoms with E-state index < -0.39 is 5.54 Å². The predicted octanol–water partition coefficient (Wildman–Crippen LogP) is 12.7. The molecule has 0 bridgehead atoms. The van der Waals surface area contributed by atoms with Gasteiger partial charge in [0.1, 0.15) is 22.7 Å². The SMILES string of the molecule is CC.CC.CC.CC.CC.CC.CC.CC.CC.CC.CC1(c2ccccc2)N=C(N)N2CCCN=C21.CC1(c2ccccc2)NC(=S)N2CCCN=C21.[B].[B]. The molecule has 3 N–H and O–H groups in total. The average molecular weight is 796 g/mol. The molecule has 2 unspecified atom stereocenters. The Morgan fingerprint density at radius 1 is 0.536 bits per heavy atom. The molecule has 6 rings (SSSR count). The number of hydrogen-bond acceptors (Lipinski definition) is 6. The van der Waals surface area contributed by atoms with Gasteiger partial charge in [0.15, 0.2) is 11.1 Å². The third-order valence-electron chi connectivity index (χ3n) is 6.90. The molecule has 0 aliphatic carbocycles. The van der Waals surface area contributed by atoms with E-state index in [0.717, 1.165) is 61.4 Å². The highest BCUT2D eigenvalue weighted by atomic mass is 32.1. The molecule has 0 saturated carbocycles. The topological polar surface area (TPSA) is 81.6 Å². The lowest BCUT2D eigenvalue weighted by Crippen LogP contribution is -2.45. The molecule has 2 atom stereocenters. The van der Waals surface area contributed by atoms with Crippen LogP contribution < -0.4 is 11.1 Å². The molecule has 2 aromatic carbocycles. The minimum atomic E-state index is -0.411. The predicted molar refractivity (Wildman–Crippen MR) is 267 cm³/mol. The van der Waals surface area contributed by atoms with Crippen LogP contribution in [-0.4, -0.2) is 75.5 Å². The summed E-state index contributed by atoms with van der Waals surface area (Å²) in [7, 11) is 0. The van der Waals surface area contributed by atoms with E-state index in [1.54, 1.807) is 0 Å². The molecule has 7 nitrogen and oxygen atoms in total. The largest absolute Gasteiger partial charge is 0.369 e. The molecule has 1 saturated heterocycles. The summed E-state index contributed by atoms with van der Waals surface area (Å²) in [5.41, 5.74) is 7.68. The monoisotopic (exact) mass is 796 g/mol. The molecular weight excluding hydrogens is 704 g/mol. The summed E-state index contributed by atoms with van der Waals surface area (Å²) in [5, 5.41) is 4.22. The number of rotatable bonds is 2. The van der Waals surface area contributed by atoms with Gasteiger partial charge in [-0.3, -0.25) is 14.9 Å². The van der Waals surface area contributed by atoms with Crippen LogP contribution in [0.5, 0.6) is 0 Å². The second-order valence-corrected chi connectivity index (χ2v) is 9.64. The van der Waals surface area contributed by atoms with Gasteiger partial charge in [-0.05, 0) is 50.0 Å². The Kier molecular flexibility index (Phi) is 60.6. The molecule has 4 heterocycles. The van der Waals surface area contributed by atoms with Crippen molar-refractivity contribution in [2.75, 3.05) is 26.2 Å². The number of amidine groups is 2. The van der Waals surface area contributed by atoms with E-state index in [-0.39, 0.29) is 22.4 Å². The van der Waals surface area contributed by atoms with Crippen LogP contribution in [0.3, 0.4) is 0 Å². The lowest BCUT2D eigenvalue weighted by atomic mass is 9.91. The van der Waals surface area contributed by atoms with Crippen molar-refractivity contribution in [3.05, 3.63) is 71.8 Å². The van der Waals surface area contributed by atoms with Crippen molar-refractivity contribution in [2.24, 2.45) is 20.7 Å². The highest BCUT2D eigenvalue weighted by molar-refractivity contribution is 7.80. The van der Waals surface area contributed by atoms with Gasteiger partial charge in [0.25, 0.3) is 0 Å². The van der Waals surface area contributed by atoms with Gasteiger partial charge >= 0.3 is 0 Å². The first-order valence-corrected chi connectivity index (χ1v) is 22.3. The number of nitrogens with one attached hydrogen (secondary N) is 1. The van der Waals surface area contributed by atoms with Crippen LogP contribution in [0.4, 0.5) is 0 Å². The lowest BCUT2D eigenvalue weighted by molar-refractivity contribution is 0.524. The second kappa shape index (κ2) is 48.0. The minimum Gasteiger partial charge on any atom is -0.369 e. The van der Waals surface area contributed by atoms with E-state index in [0.29, 0.717) is 5.96 Å². The number of aliphatic imine (C=N–C) groups is 3. The third kappa shape index (κ3) is 21.4. The molecule has 4 aliphatic rings. The van der Waals surface area contributed by atoms with Crippen molar-refractivity contribution in [1.29, 1.82) is 0 Å². The molecule has 4 aliphatic heterocycles. The molecule has 0 spiro atoms. The van der Waals surface area contributed by atoms with Crippen LogP contribution >= 0.6 is 12.2 Å². The van der Waals surface area contributed by atoms with Crippen LogP contribution in [0.25, 0.3) is 0 Å². The van der Waals surface area contributed by atoms with Gasteiger partial charge in [0.05, 0.1) is 0 Å². The number of nitrogens with zero attached hydrogens (tertiary/aromatic N) is 5. The van der Waals surface area contributed by atoms with Crippen molar-refractivity contribution in [3.63, 3.8) is 0 Å². The van der Waals surface area contributed by atoms with Crippen LogP contribution in [0.2, 0.25) is 0 Å². The zero-order valence-electron chi connectivity index (χ0n) is 40.9. The molecule has 0 aromatic heterocycles. The van der Waals surface area contributed by atoms with E-state index in [9.17, 15) is 0 Å². The zero-order chi connectivity index (χ0) is 43.8. The Labute approximate surface area is 360 Å². The number of thiocarbonyl (C=S) groups is 1. The lowest BCUT2D eigenvalue weighted by Gasteiger charge is -2.29. The summed E-state index contributed by atoms with van der Waals surface area (Å²) < 4.78 is 0. The molecule has 2 aromatic rings. The number of nitrogens with two attached hydrogens (primary N) is 1. The molecular formula is C46H91B2N7S. The van der Waals surface area contributed by atoms with Gasteiger partial charge in [0, 0.05) is 43.0 Å². The smallest absolute Gasteiger partial charge is 0.198 e. The van der Waals surface area contributed by atoms with Gasteiger partial charge in [-0.25, -0.2) is 4.99 Å². The highest BCUT2D eigenvalue weighted by Crippen LogP contribution is 2.34. The normalized spacial score (nSPS) is 17.8. The van der Waals surface area contributed by atoms with Crippen LogP contribution in [-0.2, 0) is 11.1 Å². The molecule has 10 heteroatoms. The van der Waals surface area contributed by atoms with Crippen molar-refractivity contribution in [2.45, 2.75) is 176 Å². The standard InChI is InChI=1S/C13H16N4.C13H15N3S.10C2H6.2B/c1-13(10-6-3-2-4-7-10)11-15-8-5-9-17(11)12(14)16-13;1-13(10-6-3-2-4-7-10)11-14-8-5-9-16(11)12(17)15-13;10*1-2;;/h2-4,6-7H,5,8-9H2,1H3,(H2,14,16);2-4,6-7H,5,8-9H2,1H3,(H,15,17);10*1-2H3;;. The Morgan fingerprint density at radius 2 is 0.875 bits per heavy atom. The van der Waals surface area contributed by atoms with Crippen molar-refractivity contribution < 1.29 is 0 Å². The summed E-state index contributed by atoms with van der Waals surface area (Å²) in [5.74, 6) is 2.65. The Morgan fingerprint density at radius 3 is 1.27 bits per heavy atom. The fraction of sp³-hybridized carbons (Fsp3) is 0.652. The first kappa shape index (κ1) is 70.7. The third-order valence-corrected chi connectivity index (χ3v) is 7.22. The minimum absolute atomic E-state index is 0. The molecule has 56 heavy (non-hydrogen) atoms. The van der Waals surface area contributed by atoms with Crippen LogP contribution in [0.15, 0.2) is 75.6 Å². The van der Waals surface area contributed by atoms with Crippen molar-refractivity contribution in [3.8, 4) is 0 Å². The van der Waals surface area contributed by atoms with E-state index in [1.165, 1.54) is 5.56 Å². The van der Waals surface area contributed by atoms with E-state index >= 15 is 0 Å². The number of guanidine groups is 1. The maximum absolute atomic E-state index is 6.00. The summed E-state index contributed by atoms with van der Waals surface area (Å²) >= 11 is 5.40. The fourth-order valence-corrected chi connectivity index (χ4v) is 5.46. The average Bonchev–Trinajstić information content (AvgIpc) is 3.74. The maximum Gasteiger partial charge on any atom is 0.198 e. The summed E-state index contributed by atoms with van der Waals surface area (Å²) in [6.45, 7) is 47.9. The van der Waals surface area contributed by atoms with Crippen LogP contribution in [0, 0.1) is 0 Å². The Bertz CT molecular complexity index is 1180. The molecule has 1 fully saturated rings. The van der Waals surface area contributed by atoms with E-state index in [4.69, 9.17) is 18.0 Å². The zero-order valence-corrected chi connectivity index (χ0v) is 41.7. The Balaban J connectivity index is -0.0000000928. The summed E-state index contributed by atoms with van der Waals surface area (Å²) in [6.07, 6.45) is 2.13. The molecule has 322 valence electrons. The number of fused-ring (bicyclic) bond motifs is 2. The van der Waals surface area contributed by atoms with Gasteiger partial charge in [-0.1, -0.05) is 199 Å². The van der Waals surface area contributed by atoms with Gasteiger partial charge in [0.2, 0.25) is 0 Å². The first-order valence-electron chi connectivity index (χ1n) is 21.9. The first-order chi connectivity index (χ1) is 26.4. The summed E-state index contributed by atoms with van der Waals surface area (Å²) in [6, 6.07) is 20.6. The second-order valence-electron chi connectivity index (χ2n) is 9.25. The Hall–Kier alpha value is -3.13. The van der Waals surface area contributed by atoms with Crippen molar-refractivity contribution in [1.82, 2.24) is 15.1 Å². The van der Waals surface area contributed by atoms with Gasteiger partial charge < -0.3 is 16.0 Å². The van der Waals surface area contributed by atoms with Gasteiger partial charge in [-0.2, -0.15) is 0 Å². The van der Waals surface area contributed by atoms with E-state index in [1.807, 2.05) is 168 Å². The summed E-state index contributed by atoms with van der Waals surface area (Å²) in [4.78, 5) is 18.1. The highest BCUT2D eigenvalue weighted by Gasteiger charge is 2.45.